The van der Waals surface area contributed by atoms with Gasteiger partial charge in [-0.1, -0.05) is 6.07 Å². The second-order valence-corrected chi connectivity index (χ2v) is 11.3. The summed E-state index contributed by atoms with van der Waals surface area (Å²) in [6.07, 6.45) is 1.66. The molecule has 7 nitrogen and oxygen atoms in total. The fourth-order valence-corrected chi connectivity index (χ4v) is 8.60. The molecule has 2 aromatic carbocycles. The van der Waals surface area contributed by atoms with E-state index in [1.165, 1.54) is 0 Å². The molecule has 182 valence electrons. The molecular weight excluding hydrogens is 476 g/mol. The van der Waals surface area contributed by atoms with Crippen molar-refractivity contribution >= 4 is 29.5 Å². The number of ether oxygens (including phenoxy) is 6. The van der Waals surface area contributed by atoms with E-state index in [0.717, 1.165) is 40.6 Å². The van der Waals surface area contributed by atoms with Gasteiger partial charge in [0.05, 0.1) is 37.9 Å². The van der Waals surface area contributed by atoms with Crippen LogP contribution in [0.4, 0.5) is 0 Å². The van der Waals surface area contributed by atoms with Gasteiger partial charge in [0.2, 0.25) is 12.5 Å². The zero-order valence-electron chi connectivity index (χ0n) is 19.5. The van der Waals surface area contributed by atoms with Crippen LogP contribution in [-0.2, 0) is 20.0 Å². The van der Waals surface area contributed by atoms with Crippen LogP contribution in [0.5, 0.6) is 28.7 Å². The molecule has 2 aromatic rings. The van der Waals surface area contributed by atoms with Gasteiger partial charge in [0.25, 0.3) is 0 Å². The summed E-state index contributed by atoms with van der Waals surface area (Å²) in [5, 5.41) is 0. The Balaban J connectivity index is 1.51. The van der Waals surface area contributed by atoms with E-state index in [2.05, 4.69) is 12.1 Å². The normalized spacial score (nSPS) is 22.9. The Morgan fingerprint density at radius 1 is 0.941 bits per heavy atom. The zero-order valence-corrected chi connectivity index (χ0v) is 21.1. The third-order valence-electron chi connectivity index (χ3n) is 6.56. The summed E-state index contributed by atoms with van der Waals surface area (Å²) in [6.45, 7) is 0.628. The average molecular weight is 505 g/mol. The van der Waals surface area contributed by atoms with E-state index < -0.39 is 0 Å². The van der Waals surface area contributed by atoms with Crippen LogP contribution in [-0.4, -0.2) is 52.2 Å². The van der Waals surface area contributed by atoms with E-state index in [4.69, 9.17) is 28.4 Å². The van der Waals surface area contributed by atoms with Crippen LogP contribution in [0.2, 0.25) is 0 Å². The van der Waals surface area contributed by atoms with E-state index in [1.54, 1.807) is 21.3 Å². The lowest BCUT2D eigenvalue weighted by Crippen LogP contribution is -2.37. The molecule has 0 bridgehead atoms. The van der Waals surface area contributed by atoms with Crippen molar-refractivity contribution in [2.45, 2.75) is 16.9 Å². The van der Waals surface area contributed by atoms with Crippen LogP contribution in [0, 0.1) is 11.8 Å². The highest BCUT2D eigenvalue weighted by molar-refractivity contribution is 8.18. The van der Waals surface area contributed by atoms with Gasteiger partial charge in [-0.05, 0) is 59.7 Å². The van der Waals surface area contributed by atoms with E-state index in [0.29, 0.717) is 30.3 Å². The second-order valence-electron chi connectivity index (χ2n) is 8.37. The monoisotopic (exact) mass is 504 g/mol. The van der Waals surface area contributed by atoms with E-state index >= 15 is 0 Å². The molecule has 9 heteroatoms. The maximum Gasteiger partial charge on any atom is 0.309 e. The van der Waals surface area contributed by atoms with Gasteiger partial charge in [0.1, 0.15) is 0 Å². The van der Waals surface area contributed by atoms with Gasteiger partial charge in [0, 0.05) is 5.92 Å². The Kier molecular flexibility index (Phi) is 6.66. The Labute approximate surface area is 207 Å². The number of thioether (sulfide) groups is 2. The highest BCUT2D eigenvalue weighted by Gasteiger charge is 2.53. The Hall–Kier alpha value is -2.39. The summed E-state index contributed by atoms with van der Waals surface area (Å²) in [5.41, 5.74) is 2.08. The van der Waals surface area contributed by atoms with Crippen molar-refractivity contribution in [1.29, 1.82) is 0 Å². The Morgan fingerprint density at radius 2 is 1.65 bits per heavy atom. The van der Waals surface area contributed by atoms with Gasteiger partial charge in [-0.3, -0.25) is 4.79 Å². The van der Waals surface area contributed by atoms with Gasteiger partial charge >= 0.3 is 5.97 Å². The van der Waals surface area contributed by atoms with Gasteiger partial charge in [-0.15, -0.1) is 23.5 Å². The minimum absolute atomic E-state index is 0.00485. The summed E-state index contributed by atoms with van der Waals surface area (Å²) in [5.74, 6) is 4.80. The number of hydrogen-bond donors (Lipinski definition) is 0. The van der Waals surface area contributed by atoms with Crippen molar-refractivity contribution in [3.8, 4) is 28.7 Å². The third kappa shape index (κ3) is 4.02. The number of carbonyl (C=O) groups is 1. The molecular formula is C25H28O7S2. The van der Waals surface area contributed by atoms with Crippen molar-refractivity contribution in [3.05, 3.63) is 41.5 Å². The maximum absolute atomic E-state index is 13.1. The highest BCUT2D eigenvalue weighted by Crippen LogP contribution is 2.60. The lowest BCUT2D eigenvalue weighted by molar-refractivity contribution is -0.141. The smallest absolute Gasteiger partial charge is 0.309 e. The van der Waals surface area contributed by atoms with Crippen LogP contribution in [0.15, 0.2) is 30.3 Å². The molecule has 0 radical (unpaired) electrons. The summed E-state index contributed by atoms with van der Waals surface area (Å²) < 4.78 is 33.1. The summed E-state index contributed by atoms with van der Waals surface area (Å²) in [4.78, 5) is 13.1. The first-order valence-corrected chi connectivity index (χ1v) is 13.2. The summed E-state index contributed by atoms with van der Waals surface area (Å²) in [6, 6.07) is 9.99. The molecule has 0 amide bonds. The number of fused-ring (bicyclic) bond motifs is 1. The molecule has 0 aromatic heterocycles. The first-order chi connectivity index (χ1) is 16.6. The Bertz CT molecular complexity index is 1040. The van der Waals surface area contributed by atoms with Crippen LogP contribution < -0.4 is 23.7 Å². The van der Waals surface area contributed by atoms with Gasteiger partial charge in [-0.25, -0.2) is 0 Å². The standard InChI is InChI=1S/C25H28O7S2/c1-27-21-10-15(11-22(28-2)23(21)29-3)9-17-18(13-30-24(17)26)25(33-7-4-8-34-25)16-5-6-19-20(12-16)32-14-31-19/h5-6,10-12,17-18H,4,7-9,13-14H2,1-3H3/t17-,18-/m0/s1. The number of benzene rings is 2. The number of methoxy groups -OCH3 is 3. The number of hydrogen-bond acceptors (Lipinski definition) is 9. The summed E-state index contributed by atoms with van der Waals surface area (Å²) in [7, 11) is 4.77. The SMILES string of the molecule is COc1cc(C[C@@H]2C(=O)OC[C@@H]2C2(c3ccc4c(c3)OCO4)SCCCS2)cc(OC)c1OC. The molecule has 0 unspecified atom stereocenters. The average Bonchev–Trinajstić information content (AvgIpc) is 3.50. The molecule has 3 aliphatic rings. The molecule has 2 saturated heterocycles. The highest BCUT2D eigenvalue weighted by atomic mass is 32.2. The topological polar surface area (TPSA) is 72.5 Å². The van der Waals surface area contributed by atoms with Crippen LogP contribution >= 0.6 is 23.5 Å². The lowest BCUT2D eigenvalue weighted by Gasteiger charge is -2.42. The first-order valence-electron chi connectivity index (χ1n) is 11.2. The van der Waals surface area contributed by atoms with Crippen molar-refractivity contribution in [3.63, 3.8) is 0 Å². The van der Waals surface area contributed by atoms with Crippen LogP contribution in [0.25, 0.3) is 0 Å². The van der Waals surface area contributed by atoms with Crippen molar-refractivity contribution in [2.24, 2.45) is 11.8 Å². The van der Waals surface area contributed by atoms with Gasteiger partial charge in [0.15, 0.2) is 23.0 Å². The van der Waals surface area contributed by atoms with Crippen molar-refractivity contribution in [1.82, 2.24) is 0 Å². The number of rotatable bonds is 7. The fraction of sp³-hybridized carbons (Fsp3) is 0.480. The van der Waals surface area contributed by atoms with E-state index in [1.807, 2.05) is 41.7 Å². The molecule has 2 atom stereocenters. The fourth-order valence-electron chi connectivity index (χ4n) is 4.92. The molecule has 34 heavy (non-hydrogen) atoms. The number of esters is 1. The molecule has 0 spiro atoms. The number of cyclic esters (lactones) is 1. The van der Waals surface area contributed by atoms with Crippen LogP contribution in [0.3, 0.4) is 0 Å². The van der Waals surface area contributed by atoms with E-state index in [-0.39, 0.29) is 28.7 Å². The third-order valence-corrected chi connectivity index (χ3v) is 10.2. The largest absolute Gasteiger partial charge is 0.493 e. The molecule has 3 heterocycles. The Morgan fingerprint density at radius 3 is 2.32 bits per heavy atom. The molecule has 0 saturated carbocycles. The summed E-state index contributed by atoms with van der Waals surface area (Å²) >= 11 is 3.82. The van der Waals surface area contributed by atoms with Crippen molar-refractivity contribution < 1.29 is 33.2 Å². The molecule has 5 rings (SSSR count). The second kappa shape index (κ2) is 9.70. The zero-order chi connectivity index (χ0) is 23.7. The van der Waals surface area contributed by atoms with Crippen molar-refractivity contribution in [2.75, 3.05) is 46.2 Å². The lowest BCUT2D eigenvalue weighted by atomic mass is 9.83. The quantitative estimate of drug-likeness (QED) is 0.507. The molecule has 3 aliphatic heterocycles. The predicted octanol–water partition coefficient (Wildman–Crippen LogP) is 4.50. The predicted molar refractivity (Wildman–Crippen MR) is 132 cm³/mol. The minimum Gasteiger partial charge on any atom is -0.493 e. The maximum atomic E-state index is 13.1. The minimum atomic E-state index is -0.309. The van der Waals surface area contributed by atoms with E-state index in [9.17, 15) is 4.79 Å². The molecule has 0 aliphatic carbocycles. The number of carbonyl (C=O) groups excluding carboxylic acids is 1. The molecule has 0 N–H and O–H groups in total. The molecule has 2 fully saturated rings. The van der Waals surface area contributed by atoms with Gasteiger partial charge in [-0.2, -0.15) is 0 Å². The van der Waals surface area contributed by atoms with Crippen LogP contribution in [0.1, 0.15) is 17.5 Å². The van der Waals surface area contributed by atoms with Gasteiger partial charge < -0.3 is 28.4 Å². The first kappa shape index (κ1) is 23.4.